The second kappa shape index (κ2) is 7.61. The van der Waals surface area contributed by atoms with Crippen molar-refractivity contribution in [3.8, 4) is 0 Å². The highest BCUT2D eigenvalue weighted by atomic mass is 35.5. The Morgan fingerprint density at radius 1 is 0.783 bits per heavy atom. The molecule has 3 aromatic carbocycles. The molecule has 3 aromatic rings. The van der Waals surface area contributed by atoms with Crippen LogP contribution in [0.15, 0.2) is 90.0 Å². The molecule has 0 radical (unpaired) electrons. The maximum absolute atomic E-state index is 5.99. The maximum atomic E-state index is 5.99. The molecule has 0 unspecified atom stereocenters. The molecule has 0 aliphatic carbocycles. The molecule has 2 nitrogen and oxygen atoms in total. The highest BCUT2D eigenvalue weighted by Crippen LogP contribution is 2.20. The fraction of sp³-hybridized carbons (Fsp3) is 0.0500. The number of anilines is 1. The summed E-state index contributed by atoms with van der Waals surface area (Å²) >= 11 is 5.99. The van der Waals surface area contributed by atoms with Gasteiger partial charge in [-0.15, -0.1) is 0 Å². The molecule has 0 bridgehead atoms. The Labute approximate surface area is 141 Å². The van der Waals surface area contributed by atoms with Crippen molar-refractivity contribution in [2.75, 3.05) is 5.01 Å². The molecule has 0 heterocycles. The van der Waals surface area contributed by atoms with E-state index in [1.54, 1.807) is 0 Å². The summed E-state index contributed by atoms with van der Waals surface area (Å²) in [6.07, 6.45) is 1.87. The minimum Gasteiger partial charge on any atom is -0.261 e. The van der Waals surface area contributed by atoms with Gasteiger partial charge in [0, 0.05) is 5.02 Å². The van der Waals surface area contributed by atoms with Crippen LogP contribution in [0.3, 0.4) is 0 Å². The first-order chi connectivity index (χ1) is 11.3. The van der Waals surface area contributed by atoms with E-state index in [2.05, 4.69) is 17.2 Å². The van der Waals surface area contributed by atoms with Crippen molar-refractivity contribution in [2.24, 2.45) is 5.10 Å². The fourth-order valence-electron chi connectivity index (χ4n) is 2.24. The molecule has 0 atom stereocenters. The molecule has 0 aliphatic heterocycles. The van der Waals surface area contributed by atoms with Crippen molar-refractivity contribution < 1.29 is 0 Å². The number of benzene rings is 3. The zero-order valence-corrected chi connectivity index (χ0v) is 13.4. The SMILES string of the molecule is Clc1ccc(N(Cc2ccccc2)/N=C\c2ccccc2)cc1. The molecule has 114 valence electrons. The van der Waals surface area contributed by atoms with Crippen LogP contribution in [0.5, 0.6) is 0 Å². The first kappa shape index (κ1) is 15.3. The normalized spacial score (nSPS) is 10.8. The summed E-state index contributed by atoms with van der Waals surface area (Å²) in [5.74, 6) is 0. The minimum atomic E-state index is 0.700. The van der Waals surface area contributed by atoms with Gasteiger partial charge in [-0.1, -0.05) is 72.3 Å². The van der Waals surface area contributed by atoms with Crippen molar-refractivity contribution >= 4 is 23.5 Å². The van der Waals surface area contributed by atoms with Crippen molar-refractivity contribution in [1.82, 2.24) is 0 Å². The second-order valence-corrected chi connectivity index (χ2v) is 5.61. The average Bonchev–Trinajstić information content (AvgIpc) is 2.61. The Morgan fingerprint density at radius 3 is 2.04 bits per heavy atom. The van der Waals surface area contributed by atoms with Crippen molar-refractivity contribution in [3.05, 3.63) is 101 Å². The molecule has 0 amide bonds. The molecule has 0 spiro atoms. The van der Waals surface area contributed by atoms with Crippen LogP contribution >= 0.6 is 11.6 Å². The van der Waals surface area contributed by atoms with E-state index in [-0.39, 0.29) is 0 Å². The third-order valence-electron chi connectivity index (χ3n) is 3.45. The van der Waals surface area contributed by atoms with Gasteiger partial charge in [0.15, 0.2) is 0 Å². The Bertz CT molecular complexity index is 753. The van der Waals surface area contributed by atoms with E-state index >= 15 is 0 Å². The highest BCUT2D eigenvalue weighted by Gasteiger charge is 2.05. The van der Waals surface area contributed by atoms with Gasteiger partial charge in [0.25, 0.3) is 0 Å². The monoisotopic (exact) mass is 320 g/mol. The molecule has 0 aromatic heterocycles. The van der Waals surface area contributed by atoms with Crippen molar-refractivity contribution in [2.45, 2.75) is 6.54 Å². The van der Waals surface area contributed by atoms with Gasteiger partial charge in [0.05, 0.1) is 18.4 Å². The Balaban J connectivity index is 1.86. The lowest BCUT2D eigenvalue weighted by molar-refractivity contribution is 0.858. The van der Waals surface area contributed by atoms with E-state index in [9.17, 15) is 0 Å². The van der Waals surface area contributed by atoms with Gasteiger partial charge in [0.1, 0.15) is 0 Å². The van der Waals surface area contributed by atoms with Crippen LogP contribution in [0.1, 0.15) is 11.1 Å². The van der Waals surface area contributed by atoms with E-state index in [0.717, 1.165) is 16.3 Å². The van der Waals surface area contributed by atoms with Crippen LogP contribution in [0, 0.1) is 0 Å². The van der Waals surface area contributed by atoms with Gasteiger partial charge in [-0.3, -0.25) is 5.01 Å². The van der Waals surface area contributed by atoms with E-state index in [0.29, 0.717) is 6.54 Å². The predicted octanol–water partition coefficient (Wildman–Crippen LogP) is 5.38. The quantitative estimate of drug-likeness (QED) is 0.455. The number of hydrogen-bond donors (Lipinski definition) is 0. The smallest absolute Gasteiger partial charge is 0.0666 e. The lowest BCUT2D eigenvalue weighted by Crippen LogP contribution is -2.16. The van der Waals surface area contributed by atoms with E-state index in [1.807, 2.05) is 84.0 Å². The summed E-state index contributed by atoms with van der Waals surface area (Å²) in [6, 6.07) is 28.1. The number of rotatable bonds is 5. The molecule has 3 rings (SSSR count). The second-order valence-electron chi connectivity index (χ2n) is 5.17. The predicted molar refractivity (Wildman–Crippen MR) is 98.1 cm³/mol. The van der Waals surface area contributed by atoms with Crippen LogP contribution in [-0.4, -0.2) is 6.21 Å². The molecule has 23 heavy (non-hydrogen) atoms. The van der Waals surface area contributed by atoms with Gasteiger partial charge >= 0.3 is 0 Å². The van der Waals surface area contributed by atoms with Crippen LogP contribution in [0.4, 0.5) is 5.69 Å². The summed E-state index contributed by atoms with van der Waals surface area (Å²) in [7, 11) is 0. The lowest BCUT2D eigenvalue weighted by atomic mass is 10.2. The van der Waals surface area contributed by atoms with Gasteiger partial charge in [0.2, 0.25) is 0 Å². The maximum Gasteiger partial charge on any atom is 0.0666 e. The molecule has 0 aliphatic rings. The molecular formula is C20H17ClN2. The summed E-state index contributed by atoms with van der Waals surface area (Å²) in [5, 5.41) is 7.35. The summed E-state index contributed by atoms with van der Waals surface area (Å²) in [6.45, 7) is 0.700. The fourth-order valence-corrected chi connectivity index (χ4v) is 2.37. The molecule has 0 N–H and O–H groups in total. The number of hydrazone groups is 1. The lowest BCUT2D eigenvalue weighted by Gasteiger charge is -2.19. The Hall–Kier alpha value is -2.58. The van der Waals surface area contributed by atoms with Crippen LogP contribution < -0.4 is 5.01 Å². The number of hydrogen-bond acceptors (Lipinski definition) is 2. The Morgan fingerprint density at radius 2 is 1.39 bits per heavy atom. The van der Waals surface area contributed by atoms with Gasteiger partial charge < -0.3 is 0 Å². The summed E-state index contributed by atoms with van der Waals surface area (Å²) in [4.78, 5) is 0. The van der Waals surface area contributed by atoms with Gasteiger partial charge in [-0.25, -0.2) is 0 Å². The first-order valence-electron chi connectivity index (χ1n) is 7.47. The standard InChI is InChI=1S/C20H17ClN2/c21-19-11-13-20(14-12-19)23(16-18-9-5-2-6-10-18)22-15-17-7-3-1-4-8-17/h1-15H,16H2/b22-15-. The summed E-state index contributed by atoms with van der Waals surface area (Å²) < 4.78 is 0. The van der Waals surface area contributed by atoms with E-state index in [1.165, 1.54) is 5.56 Å². The van der Waals surface area contributed by atoms with Gasteiger partial charge in [-0.05, 0) is 35.4 Å². The largest absolute Gasteiger partial charge is 0.261 e. The van der Waals surface area contributed by atoms with Crippen molar-refractivity contribution in [3.63, 3.8) is 0 Å². The molecule has 3 heteroatoms. The minimum absolute atomic E-state index is 0.700. The molecular weight excluding hydrogens is 304 g/mol. The average molecular weight is 321 g/mol. The first-order valence-corrected chi connectivity index (χ1v) is 7.85. The van der Waals surface area contributed by atoms with Crippen LogP contribution in [-0.2, 0) is 6.54 Å². The third-order valence-corrected chi connectivity index (χ3v) is 3.70. The molecule has 0 fully saturated rings. The molecule has 0 saturated carbocycles. The zero-order valence-electron chi connectivity index (χ0n) is 12.6. The number of halogens is 1. The Kier molecular flexibility index (Phi) is 5.07. The van der Waals surface area contributed by atoms with E-state index in [4.69, 9.17) is 11.6 Å². The van der Waals surface area contributed by atoms with Crippen LogP contribution in [0.25, 0.3) is 0 Å². The number of nitrogens with zero attached hydrogens (tertiary/aromatic N) is 2. The topological polar surface area (TPSA) is 15.6 Å². The third kappa shape index (κ3) is 4.44. The van der Waals surface area contributed by atoms with Gasteiger partial charge in [-0.2, -0.15) is 5.10 Å². The zero-order chi connectivity index (χ0) is 15.9. The summed E-state index contributed by atoms with van der Waals surface area (Å²) in [5.41, 5.74) is 3.28. The van der Waals surface area contributed by atoms with E-state index < -0.39 is 0 Å². The van der Waals surface area contributed by atoms with Crippen LogP contribution in [0.2, 0.25) is 5.02 Å². The van der Waals surface area contributed by atoms with Crippen molar-refractivity contribution in [1.29, 1.82) is 0 Å². The highest BCUT2D eigenvalue weighted by molar-refractivity contribution is 6.30. The molecule has 0 saturated heterocycles.